The van der Waals surface area contributed by atoms with Crippen LogP contribution in [0.3, 0.4) is 0 Å². The van der Waals surface area contributed by atoms with E-state index < -0.39 is 10.8 Å². The van der Waals surface area contributed by atoms with Crippen LogP contribution in [0, 0.1) is 5.92 Å². The van der Waals surface area contributed by atoms with E-state index in [9.17, 15) is 9.00 Å². The van der Waals surface area contributed by atoms with E-state index in [4.69, 9.17) is 17.3 Å². The van der Waals surface area contributed by atoms with E-state index in [0.29, 0.717) is 39.4 Å². The van der Waals surface area contributed by atoms with Gasteiger partial charge in [0, 0.05) is 36.1 Å². The van der Waals surface area contributed by atoms with Gasteiger partial charge in [0.25, 0.3) is 5.91 Å². The highest BCUT2D eigenvalue weighted by atomic mass is 35.5. The number of nitrogens with one attached hydrogen (secondary N) is 1. The van der Waals surface area contributed by atoms with Crippen LogP contribution < -0.4 is 16.0 Å². The summed E-state index contributed by atoms with van der Waals surface area (Å²) in [5.41, 5.74) is 6.79. The first-order valence-corrected chi connectivity index (χ1v) is 10.8. The Bertz CT molecular complexity index is 853. The Hall–Kier alpha value is -1.96. The third-order valence-electron chi connectivity index (χ3n) is 4.76. The molecule has 0 bridgehead atoms. The minimum absolute atomic E-state index is 0.281. The number of halogens is 1. The summed E-state index contributed by atoms with van der Waals surface area (Å²) in [4.78, 5) is 19.9. The van der Waals surface area contributed by atoms with Crippen molar-refractivity contribution in [2.75, 3.05) is 36.1 Å². The van der Waals surface area contributed by atoms with Gasteiger partial charge in [-0.05, 0) is 49.6 Å². The van der Waals surface area contributed by atoms with Crippen LogP contribution in [0.4, 0.5) is 11.5 Å². The highest BCUT2D eigenvalue weighted by Gasteiger charge is 2.22. The van der Waals surface area contributed by atoms with Crippen molar-refractivity contribution < 1.29 is 9.00 Å². The fourth-order valence-electron chi connectivity index (χ4n) is 3.14. The van der Waals surface area contributed by atoms with Crippen LogP contribution in [0.1, 0.15) is 23.2 Å². The molecule has 27 heavy (non-hydrogen) atoms. The van der Waals surface area contributed by atoms with Crippen LogP contribution >= 0.6 is 11.6 Å². The number of carbonyl (C=O) groups excluding carboxylic acids is 1. The van der Waals surface area contributed by atoms with Gasteiger partial charge in [-0.2, -0.15) is 0 Å². The third-order valence-corrected chi connectivity index (χ3v) is 5.88. The molecule has 1 amide bonds. The molecule has 1 aromatic heterocycles. The average Bonchev–Trinajstić information content (AvgIpc) is 2.68. The summed E-state index contributed by atoms with van der Waals surface area (Å²) in [5, 5.41) is 3.40. The standard InChI is InChI=1S/C19H23ClN4O2S/c1-27(26)16-10-17(23-19(25)14-3-2-4-15(20)9-14)18(22-12-16)24-7-5-13(11-21)6-8-24/h2-4,9-10,12-13H,5-8,11,21H2,1H3,(H,23,25). The van der Waals surface area contributed by atoms with Crippen LogP contribution in [0.5, 0.6) is 0 Å². The number of aromatic nitrogens is 1. The number of pyridine rings is 1. The largest absolute Gasteiger partial charge is 0.355 e. The molecule has 1 aromatic carbocycles. The van der Waals surface area contributed by atoms with Gasteiger partial charge in [-0.15, -0.1) is 0 Å². The smallest absolute Gasteiger partial charge is 0.255 e. The molecule has 2 heterocycles. The number of hydrogen-bond donors (Lipinski definition) is 2. The molecule has 1 atom stereocenters. The van der Waals surface area contributed by atoms with Crippen molar-refractivity contribution in [3.8, 4) is 0 Å². The van der Waals surface area contributed by atoms with Crippen molar-refractivity contribution in [3.63, 3.8) is 0 Å². The molecule has 0 spiro atoms. The first kappa shape index (κ1) is 19.8. The summed E-state index contributed by atoms with van der Waals surface area (Å²) in [6.45, 7) is 2.33. The number of carbonyl (C=O) groups is 1. The number of hydrogen-bond acceptors (Lipinski definition) is 5. The molecule has 1 fully saturated rings. The maximum atomic E-state index is 12.7. The van der Waals surface area contributed by atoms with E-state index in [0.717, 1.165) is 25.9 Å². The maximum absolute atomic E-state index is 12.7. The Morgan fingerprint density at radius 3 is 2.74 bits per heavy atom. The second-order valence-electron chi connectivity index (χ2n) is 6.63. The van der Waals surface area contributed by atoms with Gasteiger partial charge in [-0.25, -0.2) is 4.98 Å². The van der Waals surface area contributed by atoms with Gasteiger partial charge in [-0.3, -0.25) is 9.00 Å². The molecular formula is C19H23ClN4O2S. The van der Waals surface area contributed by atoms with Crippen molar-refractivity contribution in [2.24, 2.45) is 11.7 Å². The molecule has 1 unspecified atom stereocenters. The molecular weight excluding hydrogens is 384 g/mol. The highest BCUT2D eigenvalue weighted by Crippen LogP contribution is 2.29. The molecule has 1 aliphatic heterocycles. The van der Waals surface area contributed by atoms with Crippen LogP contribution in [0.25, 0.3) is 0 Å². The zero-order chi connectivity index (χ0) is 19.4. The number of benzene rings is 1. The van der Waals surface area contributed by atoms with Crippen molar-refractivity contribution in [2.45, 2.75) is 17.7 Å². The number of anilines is 2. The van der Waals surface area contributed by atoms with Gasteiger partial charge in [0.05, 0.1) is 21.4 Å². The first-order chi connectivity index (χ1) is 13.0. The van der Waals surface area contributed by atoms with Gasteiger partial charge in [-0.1, -0.05) is 17.7 Å². The van der Waals surface area contributed by atoms with E-state index in [1.807, 2.05) is 0 Å². The summed E-state index contributed by atoms with van der Waals surface area (Å²) in [6.07, 6.45) is 5.17. The molecule has 2 aromatic rings. The molecule has 6 nitrogen and oxygen atoms in total. The van der Waals surface area contributed by atoms with Crippen molar-refractivity contribution in [1.29, 1.82) is 0 Å². The van der Waals surface area contributed by atoms with Crippen LogP contribution in [0.2, 0.25) is 5.02 Å². The van der Waals surface area contributed by atoms with E-state index >= 15 is 0 Å². The minimum Gasteiger partial charge on any atom is -0.355 e. The molecule has 8 heteroatoms. The number of nitrogens with two attached hydrogens (primary N) is 1. The maximum Gasteiger partial charge on any atom is 0.255 e. The molecule has 3 rings (SSSR count). The first-order valence-electron chi connectivity index (χ1n) is 8.83. The summed E-state index contributed by atoms with van der Waals surface area (Å²) in [7, 11) is -1.19. The van der Waals surface area contributed by atoms with Crippen molar-refractivity contribution in [1.82, 2.24) is 4.98 Å². The second-order valence-corrected chi connectivity index (χ2v) is 8.44. The molecule has 144 valence electrons. The SMILES string of the molecule is CS(=O)c1cnc(N2CCC(CN)CC2)c(NC(=O)c2cccc(Cl)c2)c1. The fraction of sp³-hybridized carbons (Fsp3) is 0.368. The summed E-state index contributed by atoms with van der Waals surface area (Å²) >= 11 is 5.99. The highest BCUT2D eigenvalue weighted by molar-refractivity contribution is 7.84. The lowest BCUT2D eigenvalue weighted by atomic mass is 9.97. The molecule has 1 saturated heterocycles. The number of piperidine rings is 1. The normalized spacial score (nSPS) is 16.2. The lowest BCUT2D eigenvalue weighted by Crippen LogP contribution is -2.37. The van der Waals surface area contributed by atoms with E-state index in [2.05, 4.69) is 15.2 Å². The second kappa shape index (κ2) is 8.82. The molecule has 1 aliphatic rings. The van der Waals surface area contributed by atoms with Crippen molar-refractivity contribution >= 4 is 39.8 Å². The van der Waals surface area contributed by atoms with Gasteiger partial charge in [0.15, 0.2) is 5.82 Å². The summed E-state index contributed by atoms with van der Waals surface area (Å²) in [5.74, 6) is 0.930. The lowest BCUT2D eigenvalue weighted by Gasteiger charge is -2.33. The Morgan fingerprint density at radius 2 is 2.11 bits per heavy atom. The van der Waals surface area contributed by atoms with Crippen molar-refractivity contribution in [3.05, 3.63) is 47.1 Å². The van der Waals surface area contributed by atoms with Crippen LogP contribution in [0.15, 0.2) is 41.4 Å². The quantitative estimate of drug-likeness (QED) is 0.797. The molecule has 3 N–H and O–H groups in total. The third kappa shape index (κ3) is 4.86. The van der Waals surface area contributed by atoms with E-state index in [1.165, 1.54) is 0 Å². The predicted octanol–water partition coefficient (Wildman–Crippen LogP) is 2.90. The van der Waals surface area contributed by atoms with E-state index in [-0.39, 0.29) is 5.91 Å². The molecule has 0 saturated carbocycles. The van der Waals surface area contributed by atoms with Crippen LogP contribution in [-0.4, -0.2) is 41.0 Å². The topological polar surface area (TPSA) is 88.3 Å². The van der Waals surface area contributed by atoms with Gasteiger partial charge in [0.1, 0.15) is 0 Å². The Kier molecular flexibility index (Phi) is 6.46. The molecule has 0 radical (unpaired) electrons. The van der Waals surface area contributed by atoms with E-state index in [1.54, 1.807) is 42.8 Å². The fourth-order valence-corrected chi connectivity index (χ4v) is 3.82. The van der Waals surface area contributed by atoms with Gasteiger partial charge >= 0.3 is 0 Å². The lowest BCUT2D eigenvalue weighted by molar-refractivity contribution is 0.102. The number of rotatable bonds is 5. The van der Waals surface area contributed by atoms with Gasteiger partial charge < -0.3 is 16.0 Å². The Balaban J connectivity index is 1.88. The van der Waals surface area contributed by atoms with Crippen LogP contribution in [-0.2, 0) is 10.8 Å². The number of nitrogens with zero attached hydrogens (tertiary/aromatic N) is 2. The Labute approximate surface area is 166 Å². The monoisotopic (exact) mass is 406 g/mol. The average molecular weight is 407 g/mol. The summed E-state index contributed by atoms with van der Waals surface area (Å²) in [6, 6.07) is 8.48. The molecule has 0 aliphatic carbocycles. The predicted molar refractivity (Wildman–Crippen MR) is 110 cm³/mol. The number of amides is 1. The zero-order valence-corrected chi connectivity index (χ0v) is 16.7. The van der Waals surface area contributed by atoms with Gasteiger partial charge in [0.2, 0.25) is 0 Å². The zero-order valence-electron chi connectivity index (χ0n) is 15.2. The minimum atomic E-state index is -1.19. The summed E-state index contributed by atoms with van der Waals surface area (Å²) < 4.78 is 11.9. The Morgan fingerprint density at radius 1 is 1.37 bits per heavy atom.